The number of aromatic nitrogens is 3. The van der Waals surface area contributed by atoms with Crippen molar-refractivity contribution in [3.05, 3.63) is 75.3 Å². The molecule has 0 aliphatic heterocycles. The normalized spacial score (nSPS) is 11.0. The third-order valence-electron chi connectivity index (χ3n) is 3.86. The number of fused-ring (bicyclic) bond motifs is 1. The van der Waals surface area contributed by atoms with Gasteiger partial charge in [0, 0.05) is 27.0 Å². The van der Waals surface area contributed by atoms with E-state index in [1.807, 2.05) is 30.3 Å². The molecule has 5 nitrogen and oxygen atoms in total. The number of carbonyl (C=O) groups excluding carboxylic acids is 1. The molecule has 0 atom stereocenters. The van der Waals surface area contributed by atoms with Gasteiger partial charge in [-0.1, -0.05) is 47.5 Å². The Hall–Kier alpha value is -2.41. The van der Waals surface area contributed by atoms with E-state index in [0.717, 1.165) is 16.5 Å². The summed E-state index contributed by atoms with van der Waals surface area (Å²) in [5, 5.41) is 11.5. The molecule has 0 saturated carbocycles. The van der Waals surface area contributed by atoms with Gasteiger partial charge in [-0.3, -0.25) is 14.8 Å². The summed E-state index contributed by atoms with van der Waals surface area (Å²) in [4.78, 5) is 16.7. The minimum absolute atomic E-state index is 0.294. The zero-order valence-electron chi connectivity index (χ0n) is 13.3. The van der Waals surface area contributed by atoms with Crippen LogP contribution in [0.4, 0.5) is 5.13 Å². The predicted octanol–water partition coefficient (Wildman–Crippen LogP) is 5.10. The molecule has 130 valence electrons. The second-order valence-electron chi connectivity index (χ2n) is 5.55. The first-order chi connectivity index (χ1) is 12.6. The molecule has 0 radical (unpaired) electrons. The topological polar surface area (TPSA) is 59.8 Å². The SMILES string of the molecule is O=C(Nc1nccs1)c1nn(Cc2ccc(Cl)cc2Cl)c2ccccc12. The van der Waals surface area contributed by atoms with Gasteiger partial charge in [0.05, 0.1) is 12.1 Å². The number of thiazole rings is 1. The maximum Gasteiger partial charge on any atom is 0.278 e. The molecule has 0 saturated heterocycles. The van der Waals surface area contributed by atoms with Gasteiger partial charge in [-0.25, -0.2) is 4.98 Å². The van der Waals surface area contributed by atoms with Crippen LogP contribution in [-0.4, -0.2) is 20.7 Å². The summed E-state index contributed by atoms with van der Waals surface area (Å²) in [6, 6.07) is 12.9. The highest BCUT2D eigenvalue weighted by molar-refractivity contribution is 7.13. The lowest BCUT2D eigenvalue weighted by Gasteiger charge is -2.06. The van der Waals surface area contributed by atoms with E-state index in [1.54, 1.807) is 28.4 Å². The monoisotopic (exact) mass is 402 g/mol. The fraction of sp³-hybridized carbons (Fsp3) is 0.0556. The molecule has 0 fully saturated rings. The number of hydrogen-bond acceptors (Lipinski definition) is 4. The van der Waals surface area contributed by atoms with E-state index in [0.29, 0.717) is 27.4 Å². The van der Waals surface area contributed by atoms with Gasteiger partial charge in [-0.2, -0.15) is 5.10 Å². The van der Waals surface area contributed by atoms with E-state index in [1.165, 1.54) is 11.3 Å². The van der Waals surface area contributed by atoms with Crippen molar-refractivity contribution in [3.8, 4) is 0 Å². The Morgan fingerprint density at radius 3 is 2.81 bits per heavy atom. The van der Waals surface area contributed by atoms with Crippen molar-refractivity contribution in [2.75, 3.05) is 5.32 Å². The molecule has 8 heteroatoms. The third-order valence-corrected chi connectivity index (χ3v) is 5.14. The van der Waals surface area contributed by atoms with Crippen LogP contribution in [0.5, 0.6) is 0 Å². The lowest BCUT2D eigenvalue weighted by Crippen LogP contribution is -2.13. The van der Waals surface area contributed by atoms with E-state index < -0.39 is 0 Å². The van der Waals surface area contributed by atoms with Crippen LogP contribution in [0.2, 0.25) is 10.0 Å². The molecular weight excluding hydrogens is 391 g/mol. The van der Waals surface area contributed by atoms with Crippen molar-refractivity contribution in [2.45, 2.75) is 6.54 Å². The van der Waals surface area contributed by atoms with Crippen molar-refractivity contribution in [3.63, 3.8) is 0 Å². The smallest absolute Gasteiger partial charge is 0.278 e. The number of nitrogens with one attached hydrogen (secondary N) is 1. The molecule has 4 aromatic rings. The highest BCUT2D eigenvalue weighted by Crippen LogP contribution is 2.25. The molecule has 26 heavy (non-hydrogen) atoms. The predicted molar refractivity (Wildman–Crippen MR) is 105 cm³/mol. The highest BCUT2D eigenvalue weighted by Gasteiger charge is 2.18. The van der Waals surface area contributed by atoms with Gasteiger partial charge < -0.3 is 0 Å². The Bertz CT molecular complexity index is 1090. The fourth-order valence-corrected chi connectivity index (χ4v) is 3.66. The van der Waals surface area contributed by atoms with Gasteiger partial charge in [0.25, 0.3) is 5.91 Å². The molecule has 0 unspecified atom stereocenters. The average Bonchev–Trinajstić information content (AvgIpc) is 3.25. The van der Waals surface area contributed by atoms with Crippen LogP contribution in [-0.2, 0) is 6.54 Å². The van der Waals surface area contributed by atoms with Crippen molar-refractivity contribution in [1.82, 2.24) is 14.8 Å². The number of carbonyl (C=O) groups is 1. The molecule has 2 aromatic carbocycles. The van der Waals surface area contributed by atoms with E-state index >= 15 is 0 Å². The first-order valence-electron chi connectivity index (χ1n) is 7.72. The number of amides is 1. The molecule has 1 N–H and O–H groups in total. The minimum atomic E-state index is -0.294. The molecule has 1 amide bonds. The zero-order valence-corrected chi connectivity index (χ0v) is 15.6. The quantitative estimate of drug-likeness (QED) is 0.516. The van der Waals surface area contributed by atoms with Gasteiger partial charge in [0.1, 0.15) is 0 Å². The third kappa shape index (κ3) is 3.31. The van der Waals surface area contributed by atoms with Gasteiger partial charge in [0.15, 0.2) is 10.8 Å². The number of anilines is 1. The summed E-state index contributed by atoms with van der Waals surface area (Å²) in [5.74, 6) is -0.294. The largest absolute Gasteiger partial charge is 0.296 e. The van der Waals surface area contributed by atoms with Crippen LogP contribution in [0, 0.1) is 0 Å². The molecular formula is C18H12Cl2N4OS. The van der Waals surface area contributed by atoms with Gasteiger partial charge in [0.2, 0.25) is 0 Å². The van der Waals surface area contributed by atoms with Gasteiger partial charge in [-0.15, -0.1) is 11.3 Å². The Morgan fingerprint density at radius 1 is 1.19 bits per heavy atom. The van der Waals surface area contributed by atoms with Crippen LogP contribution in [0.3, 0.4) is 0 Å². The number of nitrogens with zero attached hydrogens (tertiary/aromatic N) is 3. The molecule has 0 aliphatic carbocycles. The molecule has 0 spiro atoms. The summed E-state index contributed by atoms with van der Waals surface area (Å²) < 4.78 is 1.77. The van der Waals surface area contributed by atoms with Gasteiger partial charge in [-0.05, 0) is 23.8 Å². The second kappa shape index (κ2) is 7.07. The molecule has 2 aromatic heterocycles. The van der Waals surface area contributed by atoms with E-state index in [2.05, 4.69) is 15.4 Å². The Kier molecular flexibility index (Phi) is 4.63. The number of hydrogen-bond donors (Lipinski definition) is 1. The summed E-state index contributed by atoms with van der Waals surface area (Å²) in [7, 11) is 0. The zero-order chi connectivity index (χ0) is 18.1. The number of rotatable bonds is 4. The van der Waals surface area contributed by atoms with E-state index in [9.17, 15) is 4.79 Å². The van der Waals surface area contributed by atoms with Gasteiger partial charge >= 0.3 is 0 Å². The highest BCUT2D eigenvalue weighted by atomic mass is 35.5. The first kappa shape index (κ1) is 17.0. The van der Waals surface area contributed by atoms with Crippen molar-refractivity contribution < 1.29 is 4.79 Å². The maximum atomic E-state index is 12.6. The lowest BCUT2D eigenvalue weighted by atomic mass is 10.2. The Morgan fingerprint density at radius 2 is 2.04 bits per heavy atom. The van der Waals surface area contributed by atoms with Crippen molar-refractivity contribution >= 4 is 56.5 Å². The molecule has 4 rings (SSSR count). The van der Waals surface area contributed by atoms with Crippen molar-refractivity contribution in [1.29, 1.82) is 0 Å². The van der Waals surface area contributed by atoms with E-state index in [4.69, 9.17) is 23.2 Å². The van der Waals surface area contributed by atoms with Crippen LogP contribution in [0.15, 0.2) is 54.0 Å². The Labute approximate surface area is 163 Å². The first-order valence-corrected chi connectivity index (χ1v) is 9.36. The number of benzene rings is 2. The minimum Gasteiger partial charge on any atom is -0.296 e. The standard InChI is InChI=1S/C18H12Cl2N4OS/c19-12-6-5-11(14(20)9-12)10-24-15-4-2-1-3-13(15)16(23-24)17(25)22-18-21-7-8-26-18/h1-9H,10H2,(H,21,22,25). The molecule has 2 heterocycles. The van der Waals surface area contributed by atoms with E-state index in [-0.39, 0.29) is 5.91 Å². The second-order valence-corrected chi connectivity index (χ2v) is 7.29. The maximum absolute atomic E-state index is 12.6. The summed E-state index contributed by atoms with van der Waals surface area (Å²) in [5.41, 5.74) is 2.07. The molecule has 0 bridgehead atoms. The van der Waals surface area contributed by atoms with Crippen LogP contribution < -0.4 is 5.32 Å². The average molecular weight is 403 g/mol. The van der Waals surface area contributed by atoms with Crippen molar-refractivity contribution in [2.24, 2.45) is 0 Å². The molecule has 0 aliphatic rings. The van der Waals surface area contributed by atoms with Crippen LogP contribution in [0.1, 0.15) is 16.1 Å². The fourth-order valence-electron chi connectivity index (χ4n) is 2.67. The van der Waals surface area contributed by atoms with Crippen LogP contribution >= 0.6 is 34.5 Å². The Balaban J connectivity index is 1.73. The summed E-state index contributed by atoms with van der Waals surface area (Å²) in [6.07, 6.45) is 1.64. The number of halogens is 2. The lowest BCUT2D eigenvalue weighted by molar-refractivity contribution is 0.102. The summed E-state index contributed by atoms with van der Waals surface area (Å²) in [6.45, 7) is 0.432. The summed E-state index contributed by atoms with van der Waals surface area (Å²) >= 11 is 13.6. The van der Waals surface area contributed by atoms with Crippen LogP contribution in [0.25, 0.3) is 10.9 Å². The number of para-hydroxylation sites is 1.